The van der Waals surface area contributed by atoms with Crippen LogP contribution in [-0.2, 0) is 21.2 Å². The van der Waals surface area contributed by atoms with Crippen LogP contribution < -0.4 is 14.9 Å². The SMILES string of the molecule is O=C(Nc1ccc(N2CCCC2)c(S(=O)(=O)N[C@H]2CCCc3ccccc32)c1)C1CCCC1. The number of hydrogen-bond donors (Lipinski definition) is 2. The minimum absolute atomic E-state index is 0.000984. The first kappa shape index (κ1) is 22.4. The second kappa shape index (κ2) is 9.47. The molecule has 2 fully saturated rings. The highest BCUT2D eigenvalue weighted by Gasteiger charge is 2.30. The van der Waals surface area contributed by atoms with Crippen LogP contribution in [0, 0.1) is 5.92 Å². The van der Waals surface area contributed by atoms with Gasteiger partial charge in [0.1, 0.15) is 4.90 Å². The van der Waals surface area contributed by atoms with Gasteiger partial charge in [-0.15, -0.1) is 0 Å². The largest absolute Gasteiger partial charge is 0.370 e. The molecule has 1 saturated heterocycles. The van der Waals surface area contributed by atoms with Gasteiger partial charge in [-0.25, -0.2) is 13.1 Å². The number of rotatable bonds is 6. The molecule has 33 heavy (non-hydrogen) atoms. The second-order valence-electron chi connectivity index (χ2n) is 9.61. The highest BCUT2D eigenvalue weighted by molar-refractivity contribution is 7.89. The molecule has 0 spiro atoms. The number of fused-ring (bicyclic) bond motifs is 1. The number of hydrogen-bond acceptors (Lipinski definition) is 4. The van der Waals surface area contributed by atoms with E-state index >= 15 is 0 Å². The number of nitrogens with zero attached hydrogens (tertiary/aromatic N) is 1. The minimum Gasteiger partial charge on any atom is -0.370 e. The molecule has 1 saturated carbocycles. The standard InChI is InChI=1S/C26H33N3O3S/c30-26(20-9-1-2-10-20)27-21-14-15-24(29-16-5-6-17-29)25(18-21)33(31,32)28-23-13-7-11-19-8-3-4-12-22(19)23/h3-4,8,12,14-15,18,20,23,28H,1-2,5-7,9-11,13,16-17H2,(H,27,30)/t23-/m0/s1. The molecule has 2 aliphatic carbocycles. The number of carbonyl (C=O) groups is 1. The summed E-state index contributed by atoms with van der Waals surface area (Å²) in [5.41, 5.74) is 3.57. The molecule has 1 heterocycles. The Hall–Kier alpha value is -2.38. The lowest BCUT2D eigenvalue weighted by atomic mass is 9.88. The summed E-state index contributed by atoms with van der Waals surface area (Å²) in [7, 11) is -3.79. The molecule has 1 aliphatic heterocycles. The van der Waals surface area contributed by atoms with Crippen LogP contribution in [0.1, 0.15) is 68.5 Å². The zero-order valence-corrected chi connectivity index (χ0v) is 19.9. The third-order valence-corrected chi connectivity index (χ3v) is 8.86. The highest BCUT2D eigenvalue weighted by Crippen LogP contribution is 2.35. The summed E-state index contributed by atoms with van der Waals surface area (Å²) in [6.45, 7) is 1.70. The maximum absolute atomic E-state index is 13.7. The Kier molecular flexibility index (Phi) is 6.43. The fourth-order valence-electron chi connectivity index (χ4n) is 5.59. The van der Waals surface area contributed by atoms with E-state index in [2.05, 4.69) is 21.0 Å². The monoisotopic (exact) mass is 467 g/mol. The van der Waals surface area contributed by atoms with E-state index in [9.17, 15) is 13.2 Å². The third-order valence-electron chi connectivity index (χ3n) is 7.36. The van der Waals surface area contributed by atoms with Crippen LogP contribution >= 0.6 is 0 Å². The van der Waals surface area contributed by atoms with Crippen LogP contribution in [0.3, 0.4) is 0 Å². The molecule has 1 amide bonds. The number of anilines is 2. The van der Waals surface area contributed by atoms with Gasteiger partial charge in [-0.3, -0.25) is 4.79 Å². The third kappa shape index (κ3) is 4.80. The van der Waals surface area contributed by atoms with Gasteiger partial charge >= 0.3 is 0 Å². The Morgan fingerprint density at radius 3 is 2.45 bits per heavy atom. The molecular weight excluding hydrogens is 434 g/mol. The maximum Gasteiger partial charge on any atom is 0.243 e. The van der Waals surface area contributed by atoms with E-state index in [-0.39, 0.29) is 22.8 Å². The lowest BCUT2D eigenvalue weighted by molar-refractivity contribution is -0.119. The average Bonchev–Trinajstić information content (AvgIpc) is 3.54. The maximum atomic E-state index is 13.7. The fourth-order valence-corrected chi connectivity index (χ4v) is 7.09. The van der Waals surface area contributed by atoms with Crippen molar-refractivity contribution in [2.45, 2.75) is 68.7 Å². The zero-order chi connectivity index (χ0) is 22.8. The van der Waals surface area contributed by atoms with Gasteiger partial charge in [0, 0.05) is 30.7 Å². The van der Waals surface area contributed by atoms with Crippen molar-refractivity contribution < 1.29 is 13.2 Å². The van der Waals surface area contributed by atoms with Gasteiger partial charge in [0.05, 0.1) is 5.69 Å². The van der Waals surface area contributed by atoms with Gasteiger partial charge < -0.3 is 10.2 Å². The Balaban J connectivity index is 1.45. The quantitative estimate of drug-likeness (QED) is 0.641. The molecule has 0 radical (unpaired) electrons. The zero-order valence-electron chi connectivity index (χ0n) is 19.1. The van der Waals surface area contributed by atoms with Crippen molar-refractivity contribution in [1.82, 2.24) is 4.72 Å². The van der Waals surface area contributed by atoms with E-state index in [4.69, 9.17) is 0 Å². The van der Waals surface area contributed by atoms with Gasteiger partial charge in [0.15, 0.2) is 0 Å². The normalized spacial score (nSPS) is 21.2. The van der Waals surface area contributed by atoms with Gasteiger partial charge in [-0.1, -0.05) is 37.1 Å². The predicted molar refractivity (Wildman–Crippen MR) is 131 cm³/mol. The van der Waals surface area contributed by atoms with Gasteiger partial charge in [0.2, 0.25) is 15.9 Å². The summed E-state index contributed by atoms with van der Waals surface area (Å²) in [6, 6.07) is 13.2. The number of amides is 1. The van der Waals surface area contributed by atoms with E-state index in [0.29, 0.717) is 5.69 Å². The molecule has 0 bridgehead atoms. The summed E-state index contributed by atoms with van der Waals surface area (Å²) in [6.07, 6.45) is 8.82. The molecule has 2 aromatic rings. The van der Waals surface area contributed by atoms with Crippen molar-refractivity contribution in [3.05, 3.63) is 53.6 Å². The number of carbonyl (C=O) groups excluding carboxylic acids is 1. The minimum atomic E-state index is -3.79. The molecule has 0 unspecified atom stereocenters. The van der Waals surface area contributed by atoms with Crippen molar-refractivity contribution in [1.29, 1.82) is 0 Å². The van der Waals surface area contributed by atoms with Crippen LogP contribution in [-0.4, -0.2) is 27.4 Å². The Morgan fingerprint density at radius 2 is 1.67 bits per heavy atom. The van der Waals surface area contributed by atoms with Crippen LogP contribution in [0.15, 0.2) is 47.4 Å². The van der Waals surface area contributed by atoms with Crippen LogP contribution in [0.25, 0.3) is 0 Å². The summed E-state index contributed by atoms with van der Waals surface area (Å²) in [5, 5.41) is 2.98. The van der Waals surface area contributed by atoms with Crippen molar-refractivity contribution in [3.8, 4) is 0 Å². The molecular formula is C26H33N3O3S. The van der Waals surface area contributed by atoms with Crippen LogP contribution in [0.4, 0.5) is 11.4 Å². The van der Waals surface area contributed by atoms with Crippen molar-refractivity contribution in [2.75, 3.05) is 23.3 Å². The number of nitrogens with one attached hydrogen (secondary N) is 2. The van der Waals surface area contributed by atoms with Gasteiger partial charge in [-0.2, -0.15) is 0 Å². The first-order chi connectivity index (χ1) is 16.0. The lowest BCUT2D eigenvalue weighted by Crippen LogP contribution is -2.32. The van der Waals surface area contributed by atoms with E-state index in [1.807, 2.05) is 30.3 Å². The highest BCUT2D eigenvalue weighted by atomic mass is 32.2. The van der Waals surface area contributed by atoms with E-state index in [1.54, 1.807) is 6.07 Å². The van der Waals surface area contributed by atoms with Crippen LogP contribution in [0.5, 0.6) is 0 Å². The molecule has 7 heteroatoms. The number of aryl methyl sites for hydroxylation is 1. The van der Waals surface area contributed by atoms with E-state index in [1.165, 1.54) is 5.56 Å². The fraction of sp³-hybridized carbons (Fsp3) is 0.500. The van der Waals surface area contributed by atoms with Crippen molar-refractivity contribution >= 4 is 27.3 Å². The van der Waals surface area contributed by atoms with Gasteiger partial charge in [-0.05, 0) is 74.3 Å². The summed E-state index contributed by atoms with van der Waals surface area (Å²) in [4.78, 5) is 15.1. The predicted octanol–water partition coefficient (Wildman–Crippen LogP) is 4.77. The second-order valence-corrected chi connectivity index (χ2v) is 11.3. The lowest BCUT2D eigenvalue weighted by Gasteiger charge is -2.28. The topological polar surface area (TPSA) is 78.5 Å². The Bertz CT molecular complexity index is 1120. The Labute approximate surface area is 196 Å². The molecule has 6 nitrogen and oxygen atoms in total. The summed E-state index contributed by atoms with van der Waals surface area (Å²) < 4.78 is 30.5. The van der Waals surface area contributed by atoms with E-state index in [0.717, 1.165) is 82.1 Å². The smallest absolute Gasteiger partial charge is 0.243 e. The number of sulfonamides is 1. The summed E-state index contributed by atoms with van der Waals surface area (Å²) in [5.74, 6) is 0.0270. The first-order valence-corrected chi connectivity index (χ1v) is 13.8. The molecule has 0 aromatic heterocycles. The van der Waals surface area contributed by atoms with Crippen molar-refractivity contribution in [3.63, 3.8) is 0 Å². The molecule has 1 atom stereocenters. The average molecular weight is 468 g/mol. The number of benzene rings is 2. The summed E-state index contributed by atoms with van der Waals surface area (Å²) >= 11 is 0. The Morgan fingerprint density at radius 1 is 0.909 bits per heavy atom. The molecule has 5 rings (SSSR count). The van der Waals surface area contributed by atoms with E-state index < -0.39 is 10.0 Å². The molecule has 2 N–H and O–H groups in total. The first-order valence-electron chi connectivity index (χ1n) is 12.3. The van der Waals surface area contributed by atoms with Crippen molar-refractivity contribution in [2.24, 2.45) is 5.92 Å². The molecule has 176 valence electrons. The van der Waals surface area contributed by atoms with Gasteiger partial charge in [0.25, 0.3) is 0 Å². The molecule has 3 aliphatic rings. The van der Waals surface area contributed by atoms with Crippen LogP contribution in [0.2, 0.25) is 0 Å². The molecule has 2 aromatic carbocycles.